The molecule has 168 valence electrons. The van der Waals surface area contributed by atoms with E-state index in [2.05, 4.69) is 6.58 Å². The maximum absolute atomic E-state index is 12.8. The molecule has 0 unspecified atom stereocenters. The monoisotopic (exact) mass is 430 g/mol. The minimum Gasteiger partial charge on any atom is -0.480 e. The Kier molecular flexibility index (Phi) is 6.02. The van der Waals surface area contributed by atoms with Gasteiger partial charge in [0.1, 0.15) is 17.2 Å². The zero-order valence-corrected chi connectivity index (χ0v) is 18.5. The smallest absolute Gasteiger partial charge is 0.411 e. The molecule has 0 aliphatic carbocycles. The van der Waals surface area contributed by atoms with E-state index in [9.17, 15) is 19.5 Å². The molecular formula is C23H30N2O6. The highest BCUT2D eigenvalue weighted by Gasteiger charge is 2.53. The highest BCUT2D eigenvalue weighted by Crippen LogP contribution is 2.33. The number of carboxylic acid groups (broad SMARTS) is 1. The second-order valence-corrected chi connectivity index (χ2v) is 9.24. The minimum atomic E-state index is -1.52. The number of amides is 2. The molecule has 2 aliphatic heterocycles. The summed E-state index contributed by atoms with van der Waals surface area (Å²) in [5.41, 5.74) is 0.910. The molecule has 8 heteroatoms. The van der Waals surface area contributed by atoms with E-state index < -0.39 is 35.4 Å². The lowest BCUT2D eigenvalue weighted by atomic mass is 9.95. The first-order chi connectivity index (χ1) is 14.4. The fraction of sp³-hybridized carbons (Fsp3) is 0.522. The van der Waals surface area contributed by atoms with E-state index in [0.29, 0.717) is 19.5 Å². The van der Waals surface area contributed by atoms with E-state index in [1.807, 2.05) is 18.2 Å². The van der Waals surface area contributed by atoms with Gasteiger partial charge in [-0.2, -0.15) is 0 Å². The van der Waals surface area contributed by atoms with Gasteiger partial charge < -0.3 is 19.5 Å². The van der Waals surface area contributed by atoms with Crippen molar-refractivity contribution in [3.8, 4) is 0 Å². The summed E-state index contributed by atoms with van der Waals surface area (Å²) in [6.45, 7) is 11.3. The maximum Gasteiger partial charge on any atom is 0.411 e. The molecule has 2 atom stereocenters. The molecule has 1 N–H and O–H groups in total. The summed E-state index contributed by atoms with van der Waals surface area (Å²) in [6.07, 6.45) is 0.467. The lowest BCUT2D eigenvalue weighted by Crippen LogP contribution is -2.52. The third-order valence-corrected chi connectivity index (χ3v) is 5.74. The summed E-state index contributed by atoms with van der Waals surface area (Å²) < 4.78 is 11.0. The molecule has 3 rings (SSSR count). The molecule has 1 fully saturated rings. The zero-order chi connectivity index (χ0) is 23.0. The normalized spacial score (nSPS) is 23.2. The highest BCUT2D eigenvalue weighted by molar-refractivity contribution is 5.85. The minimum absolute atomic E-state index is 0.00431. The number of carbonyl (C=O) groups excluding carboxylic acids is 2. The Labute approximate surface area is 182 Å². The first kappa shape index (κ1) is 22.7. The summed E-state index contributed by atoms with van der Waals surface area (Å²) >= 11 is 0. The fourth-order valence-electron chi connectivity index (χ4n) is 4.07. The van der Waals surface area contributed by atoms with E-state index in [1.54, 1.807) is 31.7 Å². The molecule has 1 aromatic rings. The van der Waals surface area contributed by atoms with Crippen LogP contribution in [0.3, 0.4) is 0 Å². The number of nitrogens with zero attached hydrogens (tertiary/aromatic N) is 2. The van der Waals surface area contributed by atoms with Crippen LogP contribution in [0.15, 0.2) is 24.8 Å². The van der Waals surface area contributed by atoms with Gasteiger partial charge in [0.05, 0.1) is 6.54 Å². The van der Waals surface area contributed by atoms with Crippen molar-refractivity contribution in [3.05, 3.63) is 41.5 Å². The Balaban J connectivity index is 1.71. The van der Waals surface area contributed by atoms with Crippen LogP contribution in [0.5, 0.6) is 0 Å². The molecule has 1 aromatic carbocycles. The van der Waals surface area contributed by atoms with Crippen molar-refractivity contribution < 1.29 is 29.0 Å². The number of hydrogen-bond donors (Lipinski definition) is 1. The number of carboxylic acids is 1. The Bertz CT molecular complexity index is 906. The van der Waals surface area contributed by atoms with Crippen molar-refractivity contribution in [2.75, 3.05) is 13.1 Å². The second kappa shape index (κ2) is 8.24. The summed E-state index contributed by atoms with van der Waals surface area (Å²) in [6, 6.07) is 5.97. The molecule has 2 aliphatic rings. The number of carbonyl (C=O) groups is 3. The predicted octanol–water partition coefficient (Wildman–Crippen LogP) is 3.68. The van der Waals surface area contributed by atoms with E-state index in [1.165, 1.54) is 12.5 Å². The average molecular weight is 431 g/mol. The highest BCUT2D eigenvalue weighted by atomic mass is 16.6. The van der Waals surface area contributed by atoms with E-state index in [0.717, 1.165) is 16.0 Å². The SMILES string of the molecule is C=Cc1cccc2c1CN(C(=O)O[C@H]1CN(C(=O)OC(C)(C)C)[C@](C)(C(=O)O)C1)CC2. The maximum atomic E-state index is 12.8. The van der Waals surface area contributed by atoms with Crippen LogP contribution in [0.1, 0.15) is 50.8 Å². The number of rotatable bonds is 3. The lowest BCUT2D eigenvalue weighted by molar-refractivity contribution is -0.148. The van der Waals surface area contributed by atoms with Crippen LogP contribution in [-0.2, 0) is 27.2 Å². The number of aliphatic carboxylic acids is 1. The largest absolute Gasteiger partial charge is 0.480 e. The van der Waals surface area contributed by atoms with Crippen LogP contribution in [0.4, 0.5) is 9.59 Å². The molecule has 1 saturated heterocycles. The van der Waals surface area contributed by atoms with Crippen molar-refractivity contribution in [1.82, 2.24) is 9.80 Å². The van der Waals surface area contributed by atoms with Gasteiger partial charge in [-0.05, 0) is 50.8 Å². The van der Waals surface area contributed by atoms with Gasteiger partial charge in [0, 0.05) is 19.5 Å². The number of fused-ring (bicyclic) bond motifs is 1. The van der Waals surface area contributed by atoms with E-state index in [4.69, 9.17) is 9.47 Å². The number of likely N-dealkylation sites (tertiary alicyclic amines) is 1. The van der Waals surface area contributed by atoms with Crippen LogP contribution < -0.4 is 0 Å². The van der Waals surface area contributed by atoms with Gasteiger partial charge >= 0.3 is 18.2 Å². The Morgan fingerprint density at radius 2 is 1.97 bits per heavy atom. The molecule has 0 saturated carbocycles. The summed E-state index contributed by atoms with van der Waals surface area (Å²) in [7, 11) is 0. The Morgan fingerprint density at radius 1 is 1.26 bits per heavy atom. The van der Waals surface area contributed by atoms with Crippen molar-refractivity contribution >= 4 is 24.2 Å². The number of benzene rings is 1. The van der Waals surface area contributed by atoms with Crippen LogP contribution in [0.2, 0.25) is 0 Å². The number of hydrogen-bond acceptors (Lipinski definition) is 5. The molecule has 31 heavy (non-hydrogen) atoms. The van der Waals surface area contributed by atoms with Gasteiger partial charge in [0.25, 0.3) is 0 Å². The second-order valence-electron chi connectivity index (χ2n) is 9.24. The first-order valence-electron chi connectivity index (χ1n) is 10.4. The lowest BCUT2D eigenvalue weighted by Gasteiger charge is -2.32. The molecule has 8 nitrogen and oxygen atoms in total. The van der Waals surface area contributed by atoms with Gasteiger partial charge in [-0.1, -0.05) is 30.9 Å². The van der Waals surface area contributed by atoms with Crippen molar-refractivity contribution in [2.24, 2.45) is 0 Å². The van der Waals surface area contributed by atoms with Crippen LogP contribution in [0, 0.1) is 0 Å². The fourth-order valence-corrected chi connectivity index (χ4v) is 4.07. The number of ether oxygens (including phenoxy) is 2. The van der Waals surface area contributed by atoms with Crippen LogP contribution in [-0.4, -0.2) is 63.4 Å². The summed E-state index contributed by atoms with van der Waals surface area (Å²) in [4.78, 5) is 40.1. The molecule has 0 aromatic heterocycles. The van der Waals surface area contributed by atoms with Crippen molar-refractivity contribution in [1.29, 1.82) is 0 Å². The quantitative estimate of drug-likeness (QED) is 0.786. The van der Waals surface area contributed by atoms with Gasteiger partial charge in [-0.3, -0.25) is 4.90 Å². The van der Waals surface area contributed by atoms with Crippen LogP contribution >= 0.6 is 0 Å². The summed E-state index contributed by atoms with van der Waals surface area (Å²) in [5.74, 6) is -1.17. The third kappa shape index (κ3) is 4.68. The Morgan fingerprint density at radius 3 is 2.58 bits per heavy atom. The van der Waals surface area contributed by atoms with Crippen molar-refractivity contribution in [2.45, 2.75) is 64.3 Å². The van der Waals surface area contributed by atoms with Gasteiger partial charge in [-0.25, -0.2) is 14.4 Å². The van der Waals surface area contributed by atoms with Gasteiger partial charge in [0.2, 0.25) is 0 Å². The van der Waals surface area contributed by atoms with Crippen LogP contribution in [0.25, 0.3) is 6.08 Å². The van der Waals surface area contributed by atoms with Crippen molar-refractivity contribution in [3.63, 3.8) is 0 Å². The Hall–Kier alpha value is -3.03. The molecule has 0 radical (unpaired) electrons. The van der Waals surface area contributed by atoms with Gasteiger partial charge in [0.15, 0.2) is 0 Å². The van der Waals surface area contributed by atoms with Gasteiger partial charge in [-0.15, -0.1) is 0 Å². The topological polar surface area (TPSA) is 96.4 Å². The molecule has 0 bridgehead atoms. The predicted molar refractivity (Wildman–Crippen MR) is 115 cm³/mol. The molecular weight excluding hydrogens is 400 g/mol. The zero-order valence-electron chi connectivity index (χ0n) is 18.5. The van der Waals surface area contributed by atoms with E-state index in [-0.39, 0.29) is 13.0 Å². The van der Waals surface area contributed by atoms with E-state index >= 15 is 0 Å². The molecule has 2 heterocycles. The first-order valence-corrected chi connectivity index (χ1v) is 10.4. The molecule has 0 spiro atoms. The summed E-state index contributed by atoms with van der Waals surface area (Å²) in [5, 5.41) is 9.75. The molecule has 2 amide bonds. The average Bonchev–Trinajstić information content (AvgIpc) is 3.03. The standard InChI is InChI=1S/C23H30N2O6/c1-6-15-8-7-9-16-10-11-24(14-18(15)16)20(28)30-17-12-23(5,19(26)27)25(13-17)21(29)31-22(2,3)4/h6-9,17H,1,10-14H2,2-5H3,(H,26,27)/t17-,23+/m1/s1. The third-order valence-electron chi connectivity index (χ3n) is 5.74.